The first-order valence-electron chi connectivity index (χ1n) is 4.83. The number of carbonyl (C=O) groups excluding carboxylic acids is 1. The van der Waals surface area contributed by atoms with E-state index in [0.29, 0.717) is 6.42 Å². The van der Waals surface area contributed by atoms with Gasteiger partial charge in [0.1, 0.15) is 0 Å². The minimum absolute atomic E-state index is 0.0784. The zero-order valence-electron chi connectivity index (χ0n) is 9.04. The fourth-order valence-corrected chi connectivity index (χ4v) is 2.07. The van der Waals surface area contributed by atoms with Gasteiger partial charge in [0.15, 0.2) is 0 Å². The van der Waals surface area contributed by atoms with E-state index in [1.165, 1.54) is 0 Å². The molecule has 0 radical (unpaired) electrons. The number of anilines is 1. The summed E-state index contributed by atoms with van der Waals surface area (Å²) in [6.07, 6.45) is 0.546. The van der Waals surface area contributed by atoms with Crippen LogP contribution in [-0.4, -0.2) is 18.7 Å². The first-order chi connectivity index (χ1) is 7.13. The van der Waals surface area contributed by atoms with Crippen molar-refractivity contribution in [2.75, 3.05) is 18.5 Å². The van der Waals surface area contributed by atoms with Crippen molar-refractivity contribution >= 4 is 23.4 Å². The van der Waals surface area contributed by atoms with Gasteiger partial charge in [-0.3, -0.25) is 4.79 Å². The van der Waals surface area contributed by atoms with Gasteiger partial charge in [0.05, 0.1) is 0 Å². The number of benzene rings is 1. The summed E-state index contributed by atoms with van der Waals surface area (Å²) in [6.45, 7) is 1.98. The highest BCUT2D eigenvalue weighted by molar-refractivity contribution is 7.99. The summed E-state index contributed by atoms with van der Waals surface area (Å²) in [5.41, 5.74) is 7.61. The molecular weight excluding hydrogens is 208 g/mol. The molecule has 0 fully saturated rings. The molecule has 0 saturated heterocycles. The van der Waals surface area contributed by atoms with Gasteiger partial charge >= 0.3 is 0 Å². The number of rotatable bonds is 4. The molecule has 0 heterocycles. The molecule has 0 bridgehead atoms. The van der Waals surface area contributed by atoms with Crippen molar-refractivity contribution in [1.82, 2.24) is 5.32 Å². The minimum Gasteiger partial charge on any atom is -0.399 e. The van der Waals surface area contributed by atoms with E-state index < -0.39 is 0 Å². The molecule has 0 aliphatic rings. The molecule has 1 aromatic carbocycles. The second-order valence-electron chi connectivity index (χ2n) is 3.29. The first-order valence-corrected chi connectivity index (χ1v) is 5.81. The quantitative estimate of drug-likeness (QED) is 0.606. The largest absolute Gasteiger partial charge is 0.399 e. The Morgan fingerprint density at radius 1 is 1.53 bits per heavy atom. The van der Waals surface area contributed by atoms with Gasteiger partial charge < -0.3 is 11.1 Å². The van der Waals surface area contributed by atoms with E-state index >= 15 is 0 Å². The van der Waals surface area contributed by atoms with Crippen molar-refractivity contribution in [3.63, 3.8) is 0 Å². The van der Waals surface area contributed by atoms with Crippen LogP contribution in [0.15, 0.2) is 23.1 Å². The van der Waals surface area contributed by atoms with Crippen LogP contribution in [0.2, 0.25) is 0 Å². The molecule has 0 aliphatic heterocycles. The van der Waals surface area contributed by atoms with E-state index in [4.69, 9.17) is 5.73 Å². The van der Waals surface area contributed by atoms with Crippen molar-refractivity contribution in [3.8, 4) is 0 Å². The van der Waals surface area contributed by atoms with Crippen LogP contribution in [-0.2, 0) is 4.79 Å². The topological polar surface area (TPSA) is 55.1 Å². The minimum atomic E-state index is 0.0784. The predicted octanol–water partition coefficient (Wildman–Crippen LogP) is 1.81. The van der Waals surface area contributed by atoms with Crippen molar-refractivity contribution in [2.24, 2.45) is 0 Å². The normalized spacial score (nSPS) is 10.0. The maximum atomic E-state index is 11.0. The number of hydrogen-bond acceptors (Lipinski definition) is 3. The van der Waals surface area contributed by atoms with Gasteiger partial charge in [-0.25, -0.2) is 0 Å². The summed E-state index contributed by atoms with van der Waals surface area (Å²) >= 11 is 1.67. The molecule has 3 N–H and O–H groups in total. The van der Waals surface area contributed by atoms with E-state index in [0.717, 1.165) is 21.9 Å². The molecule has 0 spiro atoms. The molecule has 0 unspecified atom stereocenters. The maximum Gasteiger partial charge on any atom is 0.220 e. The molecular formula is C11H16N2OS. The molecule has 3 nitrogen and oxygen atoms in total. The third-order valence-corrected chi connectivity index (χ3v) is 3.11. The van der Waals surface area contributed by atoms with Crippen LogP contribution in [0.5, 0.6) is 0 Å². The number of aryl methyl sites for hydroxylation is 1. The Kier molecular flexibility index (Phi) is 4.49. The number of nitrogens with one attached hydrogen (secondary N) is 1. The van der Waals surface area contributed by atoms with Gasteiger partial charge in [-0.1, -0.05) is 0 Å². The summed E-state index contributed by atoms with van der Waals surface area (Å²) in [5.74, 6) is 0.873. The summed E-state index contributed by atoms with van der Waals surface area (Å²) in [5, 5.41) is 2.60. The van der Waals surface area contributed by atoms with E-state index in [9.17, 15) is 4.79 Å². The van der Waals surface area contributed by atoms with Crippen LogP contribution >= 0.6 is 11.8 Å². The molecule has 1 aromatic rings. The van der Waals surface area contributed by atoms with Crippen LogP contribution < -0.4 is 11.1 Å². The summed E-state index contributed by atoms with van der Waals surface area (Å²) in [4.78, 5) is 12.1. The average molecular weight is 224 g/mol. The summed E-state index contributed by atoms with van der Waals surface area (Å²) in [7, 11) is 1.65. The van der Waals surface area contributed by atoms with Gasteiger partial charge in [0.25, 0.3) is 0 Å². The number of carbonyl (C=O) groups is 1. The monoisotopic (exact) mass is 224 g/mol. The first kappa shape index (κ1) is 11.9. The molecule has 0 aliphatic carbocycles. The lowest BCUT2D eigenvalue weighted by molar-refractivity contribution is -0.120. The molecule has 0 saturated carbocycles. The second kappa shape index (κ2) is 5.66. The van der Waals surface area contributed by atoms with Crippen LogP contribution in [0.4, 0.5) is 5.69 Å². The van der Waals surface area contributed by atoms with Gasteiger partial charge in [-0.05, 0) is 30.7 Å². The standard InChI is InChI=1S/C11H16N2OS/c1-8-7-9(3-4-10(8)12)15-6-5-11(14)13-2/h3-4,7H,5-6,12H2,1-2H3,(H,13,14). The Morgan fingerprint density at radius 2 is 2.27 bits per heavy atom. The number of hydrogen-bond donors (Lipinski definition) is 2. The SMILES string of the molecule is CNC(=O)CCSc1ccc(N)c(C)c1. The second-order valence-corrected chi connectivity index (χ2v) is 4.46. The number of nitrogen functional groups attached to an aromatic ring is 1. The summed E-state index contributed by atoms with van der Waals surface area (Å²) < 4.78 is 0. The fourth-order valence-electron chi connectivity index (χ4n) is 1.12. The molecule has 82 valence electrons. The lowest BCUT2D eigenvalue weighted by Crippen LogP contribution is -2.17. The van der Waals surface area contributed by atoms with E-state index in [-0.39, 0.29) is 5.91 Å². The summed E-state index contributed by atoms with van der Waals surface area (Å²) in [6, 6.07) is 5.93. The van der Waals surface area contributed by atoms with Gasteiger partial charge in [0.2, 0.25) is 5.91 Å². The van der Waals surface area contributed by atoms with E-state index in [1.807, 2.05) is 25.1 Å². The third-order valence-electron chi connectivity index (χ3n) is 2.12. The van der Waals surface area contributed by atoms with Crippen LogP contribution in [0.3, 0.4) is 0 Å². The van der Waals surface area contributed by atoms with Gasteiger partial charge in [-0.2, -0.15) is 0 Å². The Hall–Kier alpha value is -1.16. The fraction of sp³-hybridized carbons (Fsp3) is 0.364. The van der Waals surface area contributed by atoms with E-state index in [2.05, 4.69) is 5.32 Å². The number of nitrogens with two attached hydrogens (primary N) is 1. The highest BCUT2D eigenvalue weighted by Gasteiger charge is 2.00. The van der Waals surface area contributed by atoms with Crippen molar-refractivity contribution in [3.05, 3.63) is 23.8 Å². The predicted molar refractivity (Wildman–Crippen MR) is 65.0 cm³/mol. The smallest absolute Gasteiger partial charge is 0.220 e. The van der Waals surface area contributed by atoms with Crippen molar-refractivity contribution in [2.45, 2.75) is 18.2 Å². The van der Waals surface area contributed by atoms with Crippen LogP contribution in [0, 0.1) is 6.92 Å². The Balaban J connectivity index is 2.44. The Morgan fingerprint density at radius 3 is 2.87 bits per heavy atom. The highest BCUT2D eigenvalue weighted by atomic mass is 32.2. The molecule has 4 heteroatoms. The highest BCUT2D eigenvalue weighted by Crippen LogP contribution is 2.22. The zero-order valence-corrected chi connectivity index (χ0v) is 9.86. The van der Waals surface area contributed by atoms with Crippen molar-refractivity contribution < 1.29 is 4.79 Å². The zero-order chi connectivity index (χ0) is 11.3. The van der Waals surface area contributed by atoms with Crippen LogP contribution in [0.1, 0.15) is 12.0 Å². The van der Waals surface area contributed by atoms with Crippen molar-refractivity contribution in [1.29, 1.82) is 0 Å². The number of thioether (sulfide) groups is 1. The molecule has 0 atom stereocenters. The van der Waals surface area contributed by atoms with Crippen LogP contribution in [0.25, 0.3) is 0 Å². The molecule has 15 heavy (non-hydrogen) atoms. The maximum absolute atomic E-state index is 11.0. The Labute approximate surface area is 94.4 Å². The molecule has 1 amide bonds. The lowest BCUT2D eigenvalue weighted by atomic mass is 10.2. The van der Waals surface area contributed by atoms with E-state index in [1.54, 1.807) is 18.8 Å². The Bertz CT molecular complexity index is 352. The third kappa shape index (κ3) is 3.83. The van der Waals surface area contributed by atoms with Gasteiger partial charge in [-0.15, -0.1) is 11.8 Å². The lowest BCUT2D eigenvalue weighted by Gasteiger charge is -2.04. The number of amides is 1. The molecule has 0 aromatic heterocycles. The van der Waals surface area contributed by atoms with Gasteiger partial charge in [0, 0.05) is 29.8 Å². The average Bonchev–Trinajstić information content (AvgIpc) is 2.23. The molecule has 1 rings (SSSR count).